The Hall–Kier alpha value is -3.56. The first-order valence-corrected chi connectivity index (χ1v) is 8.36. The molecule has 2 heterocycles. The average Bonchev–Trinajstić information content (AvgIpc) is 3.03. The molecule has 0 atom stereocenters. The molecule has 3 N–H and O–H groups in total. The molecular weight excluding hydrogens is 352 g/mol. The van der Waals surface area contributed by atoms with Crippen LogP contribution in [0.25, 0.3) is 11.2 Å². The lowest BCUT2D eigenvalue weighted by molar-refractivity contribution is -0.384. The number of non-ortho nitro benzene ring substituents is 1. The third-order valence-corrected chi connectivity index (χ3v) is 3.97. The summed E-state index contributed by atoms with van der Waals surface area (Å²) in [5.41, 5.74) is 0.975. The first kappa shape index (κ1) is 18.2. The second-order valence-electron chi connectivity index (χ2n) is 6.36. The summed E-state index contributed by atoms with van der Waals surface area (Å²) in [6.45, 7) is 3.47. The topological polar surface area (TPSA) is 147 Å². The molecule has 0 aliphatic carbocycles. The number of benzene rings is 1. The van der Waals surface area contributed by atoms with Gasteiger partial charge in [-0.25, -0.2) is 4.98 Å². The lowest BCUT2D eigenvalue weighted by atomic mass is 10.1. The number of nitro benzene ring substituents is 1. The Morgan fingerprint density at radius 1 is 1.19 bits per heavy atom. The van der Waals surface area contributed by atoms with Gasteiger partial charge in [-0.15, -0.1) is 0 Å². The fourth-order valence-corrected chi connectivity index (χ4v) is 2.44. The summed E-state index contributed by atoms with van der Waals surface area (Å²) in [4.78, 5) is 48.0. The number of imidazole rings is 1. The summed E-state index contributed by atoms with van der Waals surface area (Å²) in [7, 11) is 0. The predicted molar refractivity (Wildman–Crippen MR) is 98.5 cm³/mol. The van der Waals surface area contributed by atoms with Crippen molar-refractivity contribution in [2.24, 2.45) is 5.92 Å². The van der Waals surface area contributed by atoms with E-state index in [0.717, 1.165) is 5.56 Å². The summed E-state index contributed by atoms with van der Waals surface area (Å²) in [6.07, 6.45) is 1.09. The molecule has 1 amide bonds. The van der Waals surface area contributed by atoms with Crippen LogP contribution in [0.1, 0.15) is 25.2 Å². The highest BCUT2D eigenvalue weighted by Gasteiger charge is 2.13. The zero-order chi connectivity index (χ0) is 19.6. The maximum atomic E-state index is 12.2. The molecule has 0 fully saturated rings. The Labute approximate surface area is 153 Å². The van der Waals surface area contributed by atoms with Crippen molar-refractivity contribution in [1.82, 2.24) is 19.9 Å². The largest absolute Gasteiger partial charge is 0.336 e. The van der Waals surface area contributed by atoms with Crippen LogP contribution in [-0.2, 0) is 17.6 Å². The third-order valence-electron chi connectivity index (χ3n) is 3.97. The molecule has 0 saturated carbocycles. The van der Waals surface area contributed by atoms with Crippen LogP contribution in [0.3, 0.4) is 0 Å². The van der Waals surface area contributed by atoms with Gasteiger partial charge in [-0.05, 0) is 12.0 Å². The van der Waals surface area contributed by atoms with Crippen LogP contribution < -0.4 is 10.9 Å². The molecule has 140 valence electrons. The highest BCUT2D eigenvalue weighted by molar-refractivity contribution is 5.90. The molecule has 3 aromatic rings. The Balaban J connectivity index is 1.76. The summed E-state index contributed by atoms with van der Waals surface area (Å²) >= 11 is 0. The Bertz CT molecular complexity index is 1050. The van der Waals surface area contributed by atoms with E-state index < -0.39 is 10.5 Å². The van der Waals surface area contributed by atoms with Crippen molar-refractivity contribution in [2.75, 3.05) is 5.32 Å². The monoisotopic (exact) mass is 370 g/mol. The number of rotatable bonds is 6. The minimum atomic E-state index is -0.448. The number of carbonyl (C=O) groups is 1. The lowest BCUT2D eigenvalue weighted by Gasteiger charge is -2.05. The van der Waals surface area contributed by atoms with Gasteiger partial charge >= 0.3 is 0 Å². The summed E-state index contributed by atoms with van der Waals surface area (Å²) in [5.74, 6) is 0.113. The number of anilines is 1. The Morgan fingerprint density at radius 3 is 2.52 bits per heavy atom. The molecule has 0 saturated heterocycles. The minimum absolute atomic E-state index is 0.0363. The van der Waals surface area contributed by atoms with Gasteiger partial charge in [0, 0.05) is 24.5 Å². The van der Waals surface area contributed by atoms with Crippen LogP contribution in [0.15, 0.2) is 29.1 Å². The number of H-pyrrole nitrogens is 2. The van der Waals surface area contributed by atoms with Gasteiger partial charge in [0.15, 0.2) is 11.2 Å². The van der Waals surface area contributed by atoms with Gasteiger partial charge in [-0.3, -0.25) is 30.0 Å². The van der Waals surface area contributed by atoms with Crippen LogP contribution in [0, 0.1) is 16.0 Å². The molecule has 3 rings (SSSR count). The smallest absolute Gasteiger partial charge is 0.278 e. The van der Waals surface area contributed by atoms with Crippen molar-refractivity contribution in [3.8, 4) is 0 Å². The van der Waals surface area contributed by atoms with E-state index in [1.54, 1.807) is 26.0 Å². The van der Waals surface area contributed by atoms with E-state index in [9.17, 15) is 19.7 Å². The van der Waals surface area contributed by atoms with Crippen molar-refractivity contribution < 1.29 is 9.72 Å². The van der Waals surface area contributed by atoms with Gasteiger partial charge in [-0.1, -0.05) is 26.0 Å². The number of amides is 1. The number of aromatic nitrogens is 4. The van der Waals surface area contributed by atoms with Crippen LogP contribution in [0.2, 0.25) is 0 Å². The van der Waals surface area contributed by atoms with E-state index in [0.29, 0.717) is 18.7 Å². The van der Waals surface area contributed by atoms with Crippen molar-refractivity contribution in [2.45, 2.75) is 26.7 Å². The summed E-state index contributed by atoms with van der Waals surface area (Å²) in [6, 6.07) is 6.27. The number of nitro groups is 1. The first-order chi connectivity index (χ1) is 12.8. The number of nitrogens with one attached hydrogen (secondary N) is 3. The highest BCUT2D eigenvalue weighted by Crippen LogP contribution is 2.14. The Morgan fingerprint density at radius 2 is 1.89 bits per heavy atom. The van der Waals surface area contributed by atoms with Crippen LogP contribution in [0.5, 0.6) is 0 Å². The van der Waals surface area contributed by atoms with E-state index in [1.165, 1.54) is 12.1 Å². The number of hydrogen-bond donors (Lipinski definition) is 3. The molecular formula is C17H18N6O4. The molecule has 0 spiro atoms. The number of carbonyl (C=O) groups excluding carboxylic acids is 1. The van der Waals surface area contributed by atoms with Gasteiger partial charge in [0.1, 0.15) is 5.82 Å². The summed E-state index contributed by atoms with van der Waals surface area (Å²) < 4.78 is 0. The normalized spacial score (nSPS) is 11.1. The fraction of sp³-hybridized carbons (Fsp3) is 0.294. The molecule has 0 aliphatic rings. The minimum Gasteiger partial charge on any atom is -0.336 e. The predicted octanol–water partition coefficient (Wildman–Crippen LogP) is 1.93. The van der Waals surface area contributed by atoms with Crippen molar-refractivity contribution in [3.05, 3.63) is 56.1 Å². The van der Waals surface area contributed by atoms with Crippen molar-refractivity contribution in [3.63, 3.8) is 0 Å². The molecule has 10 heteroatoms. The molecule has 27 heavy (non-hydrogen) atoms. The summed E-state index contributed by atoms with van der Waals surface area (Å²) in [5, 5.41) is 13.2. The lowest BCUT2D eigenvalue weighted by Crippen LogP contribution is -2.22. The number of fused-ring (bicyclic) bond motifs is 1. The molecule has 0 radical (unpaired) electrons. The van der Waals surface area contributed by atoms with E-state index >= 15 is 0 Å². The van der Waals surface area contributed by atoms with E-state index in [-0.39, 0.29) is 34.6 Å². The quantitative estimate of drug-likeness (QED) is 0.446. The van der Waals surface area contributed by atoms with Crippen molar-refractivity contribution in [1.29, 1.82) is 0 Å². The number of aromatic amines is 2. The highest BCUT2D eigenvalue weighted by atomic mass is 16.6. The number of nitrogens with zero attached hydrogens (tertiary/aromatic N) is 3. The van der Waals surface area contributed by atoms with Crippen LogP contribution in [0.4, 0.5) is 11.6 Å². The standard InChI is InChI=1S/C17H18N6O4/c1-9(2)15(24)21-17-20-14-13(16(25)22-17)18-12(19-14)8-5-10-3-6-11(7-4-10)23(26)27/h3-4,6-7,9H,5,8H2,1-2H3,(H3,18,19,20,21,22,24,25). The molecule has 0 unspecified atom stereocenters. The average molecular weight is 370 g/mol. The van der Waals surface area contributed by atoms with E-state index in [2.05, 4.69) is 25.3 Å². The molecule has 1 aromatic carbocycles. The molecule has 0 aliphatic heterocycles. The van der Waals surface area contributed by atoms with Gasteiger partial charge in [0.25, 0.3) is 11.2 Å². The van der Waals surface area contributed by atoms with Gasteiger partial charge in [0.05, 0.1) is 4.92 Å². The third kappa shape index (κ3) is 4.17. The zero-order valence-corrected chi connectivity index (χ0v) is 14.8. The molecule has 0 bridgehead atoms. The zero-order valence-electron chi connectivity index (χ0n) is 14.8. The van der Waals surface area contributed by atoms with Gasteiger partial charge < -0.3 is 4.98 Å². The van der Waals surface area contributed by atoms with Crippen LogP contribution >= 0.6 is 0 Å². The number of hydrogen-bond acceptors (Lipinski definition) is 6. The second-order valence-corrected chi connectivity index (χ2v) is 6.36. The SMILES string of the molecule is CC(C)C(=O)Nc1nc2nc(CCc3ccc([N+](=O)[O-])cc3)[nH]c2c(=O)[nH]1. The maximum Gasteiger partial charge on any atom is 0.278 e. The molecule has 10 nitrogen and oxygen atoms in total. The fourth-order valence-electron chi connectivity index (χ4n) is 2.44. The second kappa shape index (κ2) is 7.36. The van der Waals surface area contributed by atoms with Crippen molar-refractivity contribution >= 4 is 28.7 Å². The van der Waals surface area contributed by atoms with E-state index in [4.69, 9.17) is 0 Å². The first-order valence-electron chi connectivity index (χ1n) is 8.36. The van der Waals surface area contributed by atoms with Crippen LogP contribution in [-0.4, -0.2) is 30.8 Å². The number of aryl methyl sites for hydroxylation is 2. The van der Waals surface area contributed by atoms with E-state index in [1.807, 2.05) is 0 Å². The molecule has 2 aromatic heterocycles. The maximum absolute atomic E-state index is 12.2. The van der Waals surface area contributed by atoms with Gasteiger partial charge in [0.2, 0.25) is 11.9 Å². The van der Waals surface area contributed by atoms with Gasteiger partial charge in [-0.2, -0.15) is 4.98 Å². The Kier molecular flexibility index (Phi) is 4.97.